The first-order valence-electron chi connectivity index (χ1n) is 8.54. The molecule has 7 nitrogen and oxygen atoms in total. The number of hydrogen-bond acceptors (Lipinski definition) is 5. The van der Waals surface area contributed by atoms with Crippen LogP contribution in [0, 0.1) is 6.92 Å². The minimum Gasteiger partial charge on any atom is -0.496 e. The molecule has 2 aromatic rings. The van der Waals surface area contributed by atoms with E-state index in [0.717, 1.165) is 0 Å². The largest absolute Gasteiger partial charge is 0.496 e. The lowest BCUT2D eigenvalue weighted by Crippen LogP contribution is -2.31. The number of ether oxygens (including phenoxy) is 1. The molecule has 0 unspecified atom stereocenters. The van der Waals surface area contributed by atoms with Gasteiger partial charge in [-0.15, -0.1) is 0 Å². The van der Waals surface area contributed by atoms with E-state index in [1.165, 1.54) is 41.7 Å². The molecule has 0 heterocycles. The first-order chi connectivity index (χ1) is 13.1. The Morgan fingerprint density at radius 3 is 2.21 bits per heavy atom. The Bertz CT molecular complexity index is 1070. The third-order valence-electron chi connectivity index (χ3n) is 4.20. The summed E-state index contributed by atoms with van der Waals surface area (Å²) in [6.07, 6.45) is 0. The molecule has 0 aliphatic rings. The van der Waals surface area contributed by atoms with E-state index >= 15 is 0 Å². The zero-order valence-electron chi connectivity index (χ0n) is 16.1. The fraction of sp³-hybridized carbons (Fsp3) is 0.333. The molecule has 0 aliphatic carbocycles. The summed E-state index contributed by atoms with van der Waals surface area (Å²) in [5.41, 5.74) is 0.713. The Kier molecular flexibility index (Phi) is 7.13. The average molecular weight is 491 g/mol. The molecule has 0 spiro atoms. The Balaban J connectivity index is 2.43. The Morgan fingerprint density at radius 1 is 1.04 bits per heavy atom. The molecule has 0 saturated heterocycles. The fourth-order valence-corrected chi connectivity index (χ4v) is 6.15. The number of rotatable bonds is 8. The van der Waals surface area contributed by atoms with Gasteiger partial charge in [0.1, 0.15) is 5.75 Å². The van der Waals surface area contributed by atoms with Crippen LogP contribution in [0.25, 0.3) is 0 Å². The highest BCUT2D eigenvalue weighted by atomic mass is 79.9. The monoisotopic (exact) mass is 490 g/mol. The molecule has 10 heteroatoms. The van der Waals surface area contributed by atoms with E-state index in [9.17, 15) is 16.8 Å². The van der Waals surface area contributed by atoms with Gasteiger partial charge in [-0.1, -0.05) is 19.9 Å². The smallest absolute Gasteiger partial charge is 0.261 e. The maximum atomic E-state index is 12.8. The van der Waals surface area contributed by atoms with Crippen molar-refractivity contribution in [2.24, 2.45) is 0 Å². The maximum Gasteiger partial charge on any atom is 0.261 e. The number of halogens is 1. The highest BCUT2D eigenvalue weighted by Gasteiger charge is 2.25. The second-order valence-corrected chi connectivity index (χ2v) is 10.4. The summed E-state index contributed by atoms with van der Waals surface area (Å²) < 4.78 is 60.5. The normalized spacial score (nSPS) is 12.2. The highest BCUT2D eigenvalue weighted by molar-refractivity contribution is 9.10. The second-order valence-electron chi connectivity index (χ2n) is 5.97. The van der Waals surface area contributed by atoms with Crippen LogP contribution in [-0.4, -0.2) is 41.3 Å². The lowest BCUT2D eigenvalue weighted by Gasteiger charge is -2.20. The first-order valence-corrected chi connectivity index (χ1v) is 12.3. The van der Waals surface area contributed by atoms with E-state index < -0.39 is 20.0 Å². The molecular weight excluding hydrogens is 468 g/mol. The minimum absolute atomic E-state index is 0.0221. The topological polar surface area (TPSA) is 92.8 Å². The Labute approximate surface area is 174 Å². The fourth-order valence-electron chi connectivity index (χ4n) is 2.67. The van der Waals surface area contributed by atoms with E-state index in [4.69, 9.17) is 4.74 Å². The molecule has 0 aromatic heterocycles. The van der Waals surface area contributed by atoms with Crippen molar-refractivity contribution in [3.05, 3.63) is 46.4 Å². The van der Waals surface area contributed by atoms with Crippen molar-refractivity contribution in [3.8, 4) is 5.75 Å². The molecule has 0 aliphatic heterocycles. The van der Waals surface area contributed by atoms with Crippen LogP contribution in [0.3, 0.4) is 0 Å². The van der Waals surface area contributed by atoms with E-state index in [1.54, 1.807) is 26.8 Å². The predicted octanol–water partition coefficient (Wildman–Crippen LogP) is 3.60. The molecule has 154 valence electrons. The lowest BCUT2D eigenvalue weighted by atomic mass is 10.2. The van der Waals surface area contributed by atoms with E-state index in [2.05, 4.69) is 20.7 Å². The summed E-state index contributed by atoms with van der Waals surface area (Å²) >= 11 is 3.26. The molecule has 0 atom stereocenters. The van der Waals surface area contributed by atoms with Crippen LogP contribution >= 0.6 is 15.9 Å². The molecule has 2 aromatic carbocycles. The number of nitrogens with one attached hydrogen (secondary N) is 1. The van der Waals surface area contributed by atoms with E-state index in [-0.39, 0.29) is 15.5 Å². The van der Waals surface area contributed by atoms with Crippen LogP contribution < -0.4 is 9.46 Å². The minimum atomic E-state index is -3.91. The van der Waals surface area contributed by atoms with Crippen LogP contribution in [0.15, 0.2) is 50.7 Å². The number of anilines is 1. The van der Waals surface area contributed by atoms with Gasteiger partial charge in [0.2, 0.25) is 10.0 Å². The van der Waals surface area contributed by atoms with Crippen LogP contribution in [0.4, 0.5) is 5.69 Å². The summed E-state index contributed by atoms with van der Waals surface area (Å²) in [5.74, 6) is 0.502. The van der Waals surface area contributed by atoms with Crippen molar-refractivity contribution >= 4 is 41.7 Å². The van der Waals surface area contributed by atoms with Gasteiger partial charge < -0.3 is 4.74 Å². The molecule has 2 rings (SSSR count). The molecule has 0 radical (unpaired) electrons. The van der Waals surface area contributed by atoms with Crippen LogP contribution in [0.1, 0.15) is 19.4 Å². The van der Waals surface area contributed by atoms with Gasteiger partial charge in [-0.25, -0.2) is 16.8 Å². The van der Waals surface area contributed by atoms with Crippen molar-refractivity contribution in [2.45, 2.75) is 30.6 Å². The quantitative estimate of drug-likeness (QED) is 0.609. The first kappa shape index (κ1) is 22.7. The third kappa shape index (κ3) is 4.68. The van der Waals surface area contributed by atoms with E-state index in [1.807, 2.05) is 0 Å². The van der Waals surface area contributed by atoms with Crippen molar-refractivity contribution in [1.82, 2.24) is 4.31 Å². The van der Waals surface area contributed by atoms with Crippen molar-refractivity contribution in [2.75, 3.05) is 24.9 Å². The van der Waals surface area contributed by atoms with Gasteiger partial charge in [0.15, 0.2) is 0 Å². The summed E-state index contributed by atoms with van der Waals surface area (Å²) in [6.45, 7) is 5.84. The highest BCUT2D eigenvalue weighted by Crippen LogP contribution is 2.29. The predicted molar refractivity (Wildman–Crippen MR) is 113 cm³/mol. The van der Waals surface area contributed by atoms with Gasteiger partial charge in [0, 0.05) is 13.1 Å². The second kappa shape index (κ2) is 8.81. The van der Waals surface area contributed by atoms with Crippen molar-refractivity contribution in [1.29, 1.82) is 0 Å². The third-order valence-corrected chi connectivity index (χ3v) is 8.39. The zero-order chi connectivity index (χ0) is 21.1. The van der Waals surface area contributed by atoms with E-state index in [0.29, 0.717) is 28.9 Å². The van der Waals surface area contributed by atoms with Gasteiger partial charge in [-0.05, 0) is 58.7 Å². The van der Waals surface area contributed by atoms with Gasteiger partial charge in [0.25, 0.3) is 10.0 Å². The van der Waals surface area contributed by atoms with Crippen LogP contribution in [0.5, 0.6) is 5.75 Å². The summed E-state index contributed by atoms with van der Waals surface area (Å²) in [5, 5.41) is 0. The van der Waals surface area contributed by atoms with Crippen LogP contribution in [0.2, 0.25) is 0 Å². The van der Waals surface area contributed by atoms with Gasteiger partial charge in [-0.2, -0.15) is 4.31 Å². The number of hydrogen-bond donors (Lipinski definition) is 1. The number of aryl methyl sites for hydroxylation is 1. The molecule has 1 N–H and O–H groups in total. The van der Waals surface area contributed by atoms with Crippen LogP contribution in [-0.2, 0) is 20.0 Å². The molecule has 0 fully saturated rings. The van der Waals surface area contributed by atoms with Gasteiger partial charge >= 0.3 is 0 Å². The lowest BCUT2D eigenvalue weighted by molar-refractivity contribution is 0.411. The summed E-state index contributed by atoms with van der Waals surface area (Å²) in [7, 11) is -6.14. The SMILES string of the molecule is CCN(CC)S(=O)(=O)c1cc(NS(=O)(=O)c2ccc(OC)c(Br)c2)ccc1C. The molecular formula is C18H23BrN2O5S2. The van der Waals surface area contributed by atoms with Crippen molar-refractivity contribution < 1.29 is 21.6 Å². The molecule has 0 amide bonds. The number of methoxy groups -OCH3 is 1. The maximum absolute atomic E-state index is 12.8. The number of sulfonamides is 2. The van der Waals surface area contributed by atoms with Crippen molar-refractivity contribution in [3.63, 3.8) is 0 Å². The summed E-state index contributed by atoms with van der Waals surface area (Å²) in [6, 6.07) is 8.82. The zero-order valence-corrected chi connectivity index (χ0v) is 19.3. The van der Waals surface area contributed by atoms with Gasteiger partial charge in [0.05, 0.1) is 27.1 Å². The summed E-state index contributed by atoms with van der Waals surface area (Å²) in [4.78, 5) is 0.0983. The molecule has 28 heavy (non-hydrogen) atoms. The Hall–Kier alpha value is -1.62. The standard InChI is InChI=1S/C18H23BrN2O5S2/c1-5-21(6-2)28(24,25)18-11-14(8-7-13(18)3)20-27(22,23)15-9-10-17(26-4)16(19)12-15/h7-12,20H,5-6H2,1-4H3. The average Bonchev–Trinajstić information content (AvgIpc) is 2.63. The number of benzene rings is 2. The number of nitrogens with zero attached hydrogens (tertiary/aromatic N) is 1. The molecule has 0 bridgehead atoms. The van der Waals surface area contributed by atoms with Gasteiger partial charge in [-0.3, -0.25) is 4.72 Å². The Morgan fingerprint density at radius 2 is 1.68 bits per heavy atom. The molecule has 0 saturated carbocycles.